The van der Waals surface area contributed by atoms with Crippen molar-refractivity contribution in [2.45, 2.75) is 25.8 Å². The predicted octanol–water partition coefficient (Wildman–Crippen LogP) is 2.81. The molecule has 0 saturated heterocycles. The summed E-state index contributed by atoms with van der Waals surface area (Å²) >= 11 is 1.71. The van der Waals surface area contributed by atoms with Crippen molar-refractivity contribution < 1.29 is 27.8 Å². The van der Waals surface area contributed by atoms with Crippen LogP contribution in [0.25, 0.3) is 0 Å². The van der Waals surface area contributed by atoms with E-state index in [9.17, 15) is 13.2 Å². The van der Waals surface area contributed by atoms with Crippen LogP contribution in [0, 0.1) is 5.92 Å². The SMILES string of the molecule is C=CCOCC1CN(Cc2nccs2)Cc2ccnn2C1.O=C(O)C(F)(F)F. The summed E-state index contributed by atoms with van der Waals surface area (Å²) in [6.45, 7) is 8.75. The van der Waals surface area contributed by atoms with Crippen molar-refractivity contribution in [1.82, 2.24) is 19.7 Å². The fourth-order valence-corrected chi connectivity index (χ4v) is 3.34. The van der Waals surface area contributed by atoms with Gasteiger partial charge in [0.25, 0.3) is 0 Å². The molecule has 28 heavy (non-hydrogen) atoms. The van der Waals surface area contributed by atoms with Crippen LogP contribution in [0.3, 0.4) is 0 Å². The highest BCUT2D eigenvalue weighted by Crippen LogP contribution is 2.19. The van der Waals surface area contributed by atoms with Crippen LogP contribution in [0.1, 0.15) is 10.7 Å². The largest absolute Gasteiger partial charge is 0.490 e. The van der Waals surface area contributed by atoms with Crippen LogP contribution in [0.2, 0.25) is 0 Å². The van der Waals surface area contributed by atoms with Crippen molar-refractivity contribution in [3.8, 4) is 0 Å². The molecular formula is C17H21F3N4O3S. The van der Waals surface area contributed by atoms with Gasteiger partial charge < -0.3 is 9.84 Å². The molecule has 0 spiro atoms. The fourth-order valence-electron chi connectivity index (χ4n) is 2.69. The molecule has 11 heteroatoms. The Bertz CT molecular complexity index is 749. The molecule has 1 atom stereocenters. The number of fused-ring (bicyclic) bond motifs is 1. The average molecular weight is 418 g/mol. The first-order chi connectivity index (χ1) is 13.3. The number of carbonyl (C=O) groups is 1. The molecule has 3 rings (SSSR count). The molecule has 0 aliphatic carbocycles. The predicted molar refractivity (Wildman–Crippen MR) is 96.7 cm³/mol. The monoisotopic (exact) mass is 418 g/mol. The van der Waals surface area contributed by atoms with Crippen molar-refractivity contribution >= 4 is 17.3 Å². The summed E-state index contributed by atoms with van der Waals surface area (Å²) in [5.41, 5.74) is 1.26. The van der Waals surface area contributed by atoms with Gasteiger partial charge in [0, 0.05) is 43.3 Å². The van der Waals surface area contributed by atoms with Gasteiger partial charge in [-0.05, 0) is 6.07 Å². The molecule has 1 unspecified atom stereocenters. The van der Waals surface area contributed by atoms with Crippen molar-refractivity contribution in [1.29, 1.82) is 0 Å². The average Bonchev–Trinajstić information content (AvgIpc) is 3.24. The maximum Gasteiger partial charge on any atom is 0.490 e. The lowest BCUT2D eigenvalue weighted by molar-refractivity contribution is -0.192. The highest BCUT2D eigenvalue weighted by Gasteiger charge is 2.38. The molecular weight excluding hydrogens is 397 g/mol. The van der Waals surface area contributed by atoms with Crippen molar-refractivity contribution in [3.63, 3.8) is 0 Å². The highest BCUT2D eigenvalue weighted by molar-refractivity contribution is 7.09. The molecule has 0 fully saturated rings. The maximum atomic E-state index is 10.6. The second-order valence-corrected chi connectivity index (χ2v) is 7.07. The number of rotatable bonds is 6. The van der Waals surface area contributed by atoms with Gasteiger partial charge in [-0.15, -0.1) is 17.9 Å². The molecule has 1 aliphatic heterocycles. The third-order valence-electron chi connectivity index (χ3n) is 3.81. The van der Waals surface area contributed by atoms with Gasteiger partial charge in [0.15, 0.2) is 0 Å². The highest BCUT2D eigenvalue weighted by atomic mass is 32.1. The zero-order valence-corrected chi connectivity index (χ0v) is 15.8. The molecule has 0 radical (unpaired) electrons. The Hall–Kier alpha value is -2.24. The second kappa shape index (κ2) is 10.3. The Morgan fingerprint density at radius 1 is 1.43 bits per heavy atom. The summed E-state index contributed by atoms with van der Waals surface area (Å²) in [5.74, 6) is -2.32. The number of hydrogen-bond donors (Lipinski definition) is 1. The number of alkyl halides is 3. The van der Waals surface area contributed by atoms with E-state index < -0.39 is 12.1 Å². The Kier molecular flexibility index (Phi) is 8.15. The molecule has 0 saturated carbocycles. The van der Waals surface area contributed by atoms with E-state index in [0.29, 0.717) is 12.5 Å². The van der Waals surface area contributed by atoms with E-state index in [1.165, 1.54) is 5.69 Å². The number of aliphatic carboxylic acids is 1. The Balaban J connectivity index is 0.000000345. The number of carboxylic acids is 1. The van der Waals surface area contributed by atoms with Gasteiger partial charge in [-0.25, -0.2) is 9.78 Å². The first kappa shape index (κ1) is 22.1. The quantitative estimate of drug-likeness (QED) is 0.574. The number of nitrogens with zero attached hydrogens (tertiary/aromatic N) is 4. The Morgan fingerprint density at radius 3 is 2.79 bits per heavy atom. The summed E-state index contributed by atoms with van der Waals surface area (Å²) in [6, 6.07) is 2.10. The van der Waals surface area contributed by atoms with E-state index in [0.717, 1.165) is 37.8 Å². The lowest BCUT2D eigenvalue weighted by atomic mass is 10.1. The minimum absolute atomic E-state index is 0.436. The molecule has 1 N–H and O–H groups in total. The van der Waals surface area contributed by atoms with Gasteiger partial charge in [0.1, 0.15) is 5.01 Å². The van der Waals surface area contributed by atoms with Crippen LogP contribution in [0.15, 0.2) is 36.5 Å². The third kappa shape index (κ3) is 7.06. The summed E-state index contributed by atoms with van der Waals surface area (Å²) in [4.78, 5) is 15.7. The van der Waals surface area contributed by atoms with Crippen LogP contribution in [0.5, 0.6) is 0 Å². The van der Waals surface area contributed by atoms with Crippen LogP contribution in [-0.4, -0.2) is 56.7 Å². The van der Waals surface area contributed by atoms with Gasteiger partial charge >= 0.3 is 12.1 Å². The Morgan fingerprint density at radius 2 is 2.18 bits per heavy atom. The molecule has 2 aromatic heterocycles. The van der Waals surface area contributed by atoms with E-state index in [1.54, 1.807) is 17.4 Å². The molecule has 0 bridgehead atoms. The number of thiazole rings is 1. The zero-order chi connectivity index (χ0) is 20.6. The molecule has 1 aliphatic rings. The van der Waals surface area contributed by atoms with Gasteiger partial charge in [-0.1, -0.05) is 6.08 Å². The summed E-state index contributed by atoms with van der Waals surface area (Å²) < 4.78 is 39.5. The molecule has 0 aromatic carbocycles. The van der Waals surface area contributed by atoms with Crippen LogP contribution in [0.4, 0.5) is 13.2 Å². The van der Waals surface area contributed by atoms with Gasteiger partial charge in [-0.2, -0.15) is 18.3 Å². The van der Waals surface area contributed by atoms with Crippen molar-refractivity contribution in [3.05, 3.63) is 47.2 Å². The summed E-state index contributed by atoms with van der Waals surface area (Å²) in [5, 5.41) is 14.7. The molecule has 7 nitrogen and oxygen atoms in total. The topological polar surface area (TPSA) is 80.5 Å². The van der Waals surface area contributed by atoms with E-state index in [4.69, 9.17) is 14.6 Å². The first-order valence-corrected chi connectivity index (χ1v) is 9.27. The summed E-state index contributed by atoms with van der Waals surface area (Å²) in [7, 11) is 0. The molecule has 3 heterocycles. The fraction of sp³-hybridized carbons (Fsp3) is 0.471. The van der Waals surface area contributed by atoms with E-state index in [-0.39, 0.29) is 0 Å². The number of halogens is 3. The minimum atomic E-state index is -5.08. The minimum Gasteiger partial charge on any atom is -0.475 e. The number of hydrogen-bond acceptors (Lipinski definition) is 6. The molecule has 0 amide bonds. The Labute approximate surface area is 164 Å². The van der Waals surface area contributed by atoms with Crippen molar-refractivity contribution in [2.75, 3.05) is 19.8 Å². The van der Waals surface area contributed by atoms with E-state index in [2.05, 4.69) is 32.3 Å². The van der Waals surface area contributed by atoms with E-state index in [1.807, 2.05) is 17.8 Å². The summed E-state index contributed by atoms with van der Waals surface area (Å²) in [6.07, 6.45) is 0.458. The van der Waals surface area contributed by atoms with Gasteiger partial charge in [-0.3, -0.25) is 9.58 Å². The molecule has 2 aromatic rings. The van der Waals surface area contributed by atoms with Crippen LogP contribution < -0.4 is 0 Å². The normalized spacial score (nSPS) is 17.2. The number of carboxylic acid groups (broad SMARTS) is 1. The number of ether oxygens (including phenoxy) is 1. The van der Waals surface area contributed by atoms with E-state index >= 15 is 0 Å². The van der Waals surface area contributed by atoms with Crippen molar-refractivity contribution in [2.24, 2.45) is 5.92 Å². The lowest BCUT2D eigenvalue weighted by Crippen LogP contribution is -2.30. The number of aromatic nitrogens is 3. The lowest BCUT2D eigenvalue weighted by Gasteiger charge is -2.22. The van der Waals surface area contributed by atoms with Gasteiger partial charge in [0.05, 0.1) is 25.5 Å². The van der Waals surface area contributed by atoms with Crippen LogP contribution in [-0.2, 0) is 29.2 Å². The molecule has 154 valence electrons. The standard InChI is InChI=1S/C15H20N4OS.C2HF3O2/c1-2-6-20-12-13-8-18(11-15-16-5-7-21-15)10-14-3-4-17-19(14)9-13;3-2(4,5)1(6)7/h2-5,7,13H,1,6,8-12H2;(H,6,7). The van der Waals surface area contributed by atoms with Gasteiger partial charge in [0.2, 0.25) is 0 Å². The van der Waals surface area contributed by atoms with Crippen LogP contribution >= 0.6 is 11.3 Å². The zero-order valence-electron chi connectivity index (χ0n) is 15.0. The second-order valence-electron chi connectivity index (χ2n) is 6.10. The first-order valence-electron chi connectivity index (χ1n) is 8.39. The maximum absolute atomic E-state index is 10.6. The third-order valence-corrected chi connectivity index (χ3v) is 4.58. The smallest absolute Gasteiger partial charge is 0.475 e.